The number of nitrogens with one attached hydrogen (secondary N) is 1. The van der Waals surface area contributed by atoms with Crippen LogP contribution in [0, 0.1) is 11.6 Å². The Labute approximate surface area is 129 Å². The van der Waals surface area contributed by atoms with Crippen LogP contribution in [0.4, 0.5) is 14.5 Å². The van der Waals surface area contributed by atoms with Crippen LogP contribution >= 0.6 is 15.9 Å². The van der Waals surface area contributed by atoms with Gasteiger partial charge < -0.3 is 11.1 Å². The molecular weight excluding hydrogens is 342 g/mol. The van der Waals surface area contributed by atoms with Crippen LogP contribution in [0.2, 0.25) is 0 Å². The lowest BCUT2D eigenvalue weighted by Crippen LogP contribution is -2.28. The average molecular weight is 355 g/mol. The minimum atomic E-state index is -0.913. The van der Waals surface area contributed by atoms with E-state index in [0.717, 1.165) is 17.7 Å². The standard InChI is InChI=1S/C15H13BrF2N2O/c1-8(9-2-4-11(19)5-3-9)20-15(21)14-12(17)6-10(16)7-13(14)18/h2-8H,19H2,1H3,(H,20,21). The molecule has 0 saturated heterocycles. The second-order valence-corrected chi connectivity index (χ2v) is 5.52. The highest BCUT2D eigenvalue weighted by Gasteiger charge is 2.20. The topological polar surface area (TPSA) is 55.1 Å². The second-order valence-electron chi connectivity index (χ2n) is 4.61. The van der Waals surface area contributed by atoms with Crippen molar-refractivity contribution in [2.24, 2.45) is 0 Å². The van der Waals surface area contributed by atoms with E-state index in [9.17, 15) is 13.6 Å². The van der Waals surface area contributed by atoms with Gasteiger partial charge in [0.1, 0.15) is 17.2 Å². The first-order valence-corrected chi connectivity index (χ1v) is 6.98. The molecule has 0 fully saturated rings. The van der Waals surface area contributed by atoms with Gasteiger partial charge in [-0.05, 0) is 36.8 Å². The number of rotatable bonds is 3. The number of halogens is 3. The fraction of sp³-hybridized carbons (Fsp3) is 0.133. The van der Waals surface area contributed by atoms with Gasteiger partial charge in [0.15, 0.2) is 0 Å². The summed E-state index contributed by atoms with van der Waals surface area (Å²) in [6.07, 6.45) is 0. The molecular formula is C15H13BrF2N2O. The van der Waals surface area contributed by atoms with Gasteiger partial charge in [0.2, 0.25) is 0 Å². The molecule has 0 aromatic heterocycles. The fourth-order valence-corrected chi connectivity index (χ4v) is 2.30. The van der Waals surface area contributed by atoms with Crippen molar-refractivity contribution < 1.29 is 13.6 Å². The Balaban J connectivity index is 2.20. The highest BCUT2D eigenvalue weighted by atomic mass is 79.9. The third-order valence-corrected chi connectivity index (χ3v) is 3.48. The molecule has 0 saturated carbocycles. The van der Waals surface area contributed by atoms with Crippen LogP contribution in [0.1, 0.15) is 28.9 Å². The molecule has 0 heterocycles. The zero-order valence-corrected chi connectivity index (χ0v) is 12.7. The number of hydrogen-bond donors (Lipinski definition) is 2. The zero-order chi connectivity index (χ0) is 15.6. The maximum atomic E-state index is 13.7. The minimum absolute atomic E-state index is 0.237. The van der Waals surface area contributed by atoms with Gasteiger partial charge in [0, 0.05) is 10.2 Å². The third-order valence-electron chi connectivity index (χ3n) is 3.02. The highest BCUT2D eigenvalue weighted by Crippen LogP contribution is 2.21. The van der Waals surface area contributed by atoms with Gasteiger partial charge in [-0.25, -0.2) is 8.78 Å². The first-order valence-electron chi connectivity index (χ1n) is 6.19. The van der Waals surface area contributed by atoms with E-state index in [-0.39, 0.29) is 4.47 Å². The molecule has 0 bridgehead atoms. The molecule has 2 aromatic rings. The zero-order valence-electron chi connectivity index (χ0n) is 11.2. The van der Waals surface area contributed by atoms with Crippen LogP contribution in [-0.2, 0) is 0 Å². The highest BCUT2D eigenvalue weighted by molar-refractivity contribution is 9.10. The number of carbonyl (C=O) groups excluding carboxylic acids is 1. The molecule has 2 aromatic carbocycles. The largest absolute Gasteiger partial charge is 0.399 e. The Morgan fingerprint density at radius 3 is 2.24 bits per heavy atom. The fourth-order valence-electron chi connectivity index (χ4n) is 1.90. The molecule has 21 heavy (non-hydrogen) atoms. The third kappa shape index (κ3) is 3.58. The predicted octanol–water partition coefficient (Wildman–Crippen LogP) is 3.80. The van der Waals surface area contributed by atoms with Crippen molar-refractivity contribution in [3.8, 4) is 0 Å². The summed E-state index contributed by atoms with van der Waals surface area (Å²) in [6.45, 7) is 1.72. The van der Waals surface area contributed by atoms with Crippen molar-refractivity contribution in [1.82, 2.24) is 5.32 Å². The Hall–Kier alpha value is -1.95. The number of anilines is 1. The lowest BCUT2D eigenvalue weighted by Gasteiger charge is -2.15. The first-order chi connectivity index (χ1) is 9.88. The molecule has 0 aliphatic carbocycles. The Bertz CT molecular complexity index is 651. The number of nitrogen functional groups attached to an aromatic ring is 1. The molecule has 1 atom stereocenters. The molecule has 0 spiro atoms. The lowest BCUT2D eigenvalue weighted by molar-refractivity contribution is 0.0931. The second kappa shape index (κ2) is 6.22. The van der Waals surface area contributed by atoms with E-state index < -0.39 is 29.1 Å². The van der Waals surface area contributed by atoms with Crippen molar-refractivity contribution in [1.29, 1.82) is 0 Å². The van der Waals surface area contributed by atoms with Gasteiger partial charge in [-0.15, -0.1) is 0 Å². The van der Waals surface area contributed by atoms with Crippen LogP contribution in [0.15, 0.2) is 40.9 Å². The Morgan fingerprint density at radius 1 is 1.19 bits per heavy atom. The van der Waals surface area contributed by atoms with Crippen LogP contribution in [-0.4, -0.2) is 5.91 Å². The average Bonchev–Trinajstić information content (AvgIpc) is 2.37. The van der Waals surface area contributed by atoms with Crippen LogP contribution in [0.3, 0.4) is 0 Å². The molecule has 110 valence electrons. The van der Waals surface area contributed by atoms with E-state index in [1.54, 1.807) is 31.2 Å². The molecule has 2 rings (SSSR count). The summed E-state index contributed by atoms with van der Waals surface area (Å²) in [4.78, 5) is 12.0. The Kier molecular flexibility index (Phi) is 4.57. The monoisotopic (exact) mass is 354 g/mol. The number of hydrogen-bond acceptors (Lipinski definition) is 2. The van der Waals surface area contributed by atoms with Crippen molar-refractivity contribution >= 4 is 27.5 Å². The van der Waals surface area contributed by atoms with Gasteiger partial charge in [-0.3, -0.25) is 4.79 Å². The first kappa shape index (κ1) is 15.4. The van der Waals surface area contributed by atoms with Crippen LogP contribution in [0.25, 0.3) is 0 Å². The summed E-state index contributed by atoms with van der Waals surface area (Å²) in [6, 6.07) is 8.57. The van der Waals surface area contributed by atoms with E-state index in [4.69, 9.17) is 5.73 Å². The summed E-state index contributed by atoms with van der Waals surface area (Å²) >= 11 is 2.97. The SMILES string of the molecule is CC(NC(=O)c1c(F)cc(Br)cc1F)c1ccc(N)cc1. The van der Waals surface area contributed by atoms with E-state index >= 15 is 0 Å². The predicted molar refractivity (Wildman–Crippen MR) is 80.8 cm³/mol. The molecule has 1 unspecified atom stereocenters. The van der Waals surface area contributed by atoms with Crippen molar-refractivity contribution in [2.75, 3.05) is 5.73 Å². The smallest absolute Gasteiger partial charge is 0.257 e. The number of carbonyl (C=O) groups is 1. The summed E-state index contributed by atoms with van der Waals surface area (Å²) in [5, 5.41) is 2.56. The maximum absolute atomic E-state index is 13.7. The van der Waals surface area contributed by atoms with E-state index in [2.05, 4.69) is 21.2 Å². The Morgan fingerprint density at radius 2 is 1.71 bits per heavy atom. The van der Waals surface area contributed by atoms with Crippen LogP contribution in [0.5, 0.6) is 0 Å². The normalized spacial score (nSPS) is 12.0. The molecule has 3 nitrogen and oxygen atoms in total. The molecule has 0 radical (unpaired) electrons. The number of amides is 1. The van der Waals surface area contributed by atoms with Gasteiger partial charge in [0.05, 0.1) is 6.04 Å². The van der Waals surface area contributed by atoms with Crippen molar-refractivity contribution in [2.45, 2.75) is 13.0 Å². The summed E-state index contributed by atoms with van der Waals surface area (Å²) in [7, 11) is 0. The lowest BCUT2D eigenvalue weighted by atomic mass is 10.1. The van der Waals surface area contributed by atoms with Crippen LogP contribution < -0.4 is 11.1 Å². The summed E-state index contributed by atoms with van der Waals surface area (Å²) < 4.78 is 27.7. The molecule has 6 heteroatoms. The van der Waals surface area contributed by atoms with Crippen molar-refractivity contribution in [3.63, 3.8) is 0 Å². The number of nitrogens with two attached hydrogens (primary N) is 1. The molecule has 0 aliphatic rings. The molecule has 0 aliphatic heterocycles. The molecule has 1 amide bonds. The quantitative estimate of drug-likeness (QED) is 0.823. The van der Waals surface area contributed by atoms with Gasteiger partial charge >= 0.3 is 0 Å². The van der Waals surface area contributed by atoms with Gasteiger partial charge in [0.25, 0.3) is 5.91 Å². The number of benzene rings is 2. The summed E-state index contributed by atoms with van der Waals surface area (Å²) in [5.74, 6) is -2.63. The maximum Gasteiger partial charge on any atom is 0.257 e. The van der Waals surface area contributed by atoms with Gasteiger partial charge in [-0.2, -0.15) is 0 Å². The summed E-state index contributed by atoms with van der Waals surface area (Å²) in [5.41, 5.74) is 6.37. The van der Waals surface area contributed by atoms with E-state index in [1.807, 2.05) is 0 Å². The van der Waals surface area contributed by atoms with Gasteiger partial charge in [-0.1, -0.05) is 28.1 Å². The molecule has 3 N–H and O–H groups in total. The van der Waals surface area contributed by atoms with E-state index in [0.29, 0.717) is 5.69 Å². The van der Waals surface area contributed by atoms with Crippen molar-refractivity contribution in [3.05, 3.63) is 63.6 Å². The minimum Gasteiger partial charge on any atom is -0.399 e. The van der Waals surface area contributed by atoms with E-state index in [1.165, 1.54) is 0 Å².